The quantitative estimate of drug-likeness (QED) is 0.733. The Hall–Kier alpha value is -3.26. The molecule has 5 nitrogen and oxygen atoms in total. The minimum Gasteiger partial charge on any atom is -0.424 e. The molecule has 5 heteroatoms. The summed E-state index contributed by atoms with van der Waals surface area (Å²) in [6, 6.07) is 15.1. The molecule has 0 amide bonds. The summed E-state index contributed by atoms with van der Waals surface area (Å²) in [4.78, 5) is 12.3. The third kappa shape index (κ3) is 3.01. The Morgan fingerprint density at radius 3 is 2.14 bits per heavy atom. The number of hydrogen-bond donors (Lipinski definition) is 0. The van der Waals surface area contributed by atoms with Crippen molar-refractivity contribution in [3.05, 3.63) is 66.7 Å². The molecule has 3 rings (SSSR count). The van der Waals surface area contributed by atoms with Gasteiger partial charge in [-0.15, -0.1) is 0 Å². The van der Waals surface area contributed by atoms with Crippen molar-refractivity contribution < 1.29 is 4.74 Å². The van der Waals surface area contributed by atoms with Crippen molar-refractivity contribution in [2.75, 3.05) is 0 Å². The van der Waals surface area contributed by atoms with Gasteiger partial charge >= 0.3 is 6.01 Å². The number of rotatable bonds is 3. The molecule has 0 fully saturated rings. The highest BCUT2D eigenvalue weighted by Crippen LogP contribution is 2.20. The summed E-state index contributed by atoms with van der Waals surface area (Å²) < 4.78 is 5.52. The fraction of sp³-hybridized carbons (Fsp3) is 0. The van der Waals surface area contributed by atoms with Gasteiger partial charge in [0.2, 0.25) is 0 Å². The summed E-state index contributed by atoms with van der Waals surface area (Å²) in [5.74, 6) is 0.685. The Balaban J connectivity index is 1.79. The molecule has 0 radical (unpaired) electrons. The molecule has 0 saturated heterocycles. The van der Waals surface area contributed by atoms with E-state index in [1.165, 1.54) is 0 Å². The fourth-order valence-electron chi connectivity index (χ4n) is 1.74. The van der Waals surface area contributed by atoms with Crippen molar-refractivity contribution in [1.82, 2.24) is 15.0 Å². The van der Waals surface area contributed by atoms with Gasteiger partial charge in [0.15, 0.2) is 0 Å². The lowest BCUT2D eigenvalue weighted by Gasteiger charge is -2.04. The van der Waals surface area contributed by atoms with Crippen LogP contribution in [0.1, 0.15) is 5.69 Å². The Morgan fingerprint density at radius 1 is 0.810 bits per heavy atom. The van der Waals surface area contributed by atoms with Crippen molar-refractivity contribution in [2.24, 2.45) is 0 Å². The van der Waals surface area contributed by atoms with E-state index in [9.17, 15) is 0 Å². The minimum absolute atomic E-state index is 0.284. The molecule has 1 aromatic carbocycles. The average Bonchev–Trinajstić information content (AvgIpc) is 2.57. The molecule has 3 aromatic rings. The normalized spacial score (nSPS) is 9.86. The molecule has 0 unspecified atom stereocenters. The van der Waals surface area contributed by atoms with E-state index in [4.69, 9.17) is 10.00 Å². The fourth-order valence-corrected chi connectivity index (χ4v) is 1.74. The second kappa shape index (κ2) is 5.80. The second-order valence-electron chi connectivity index (χ2n) is 4.21. The summed E-state index contributed by atoms with van der Waals surface area (Å²) in [7, 11) is 0. The van der Waals surface area contributed by atoms with Gasteiger partial charge in [-0.25, -0.2) is 15.0 Å². The smallest absolute Gasteiger partial charge is 0.321 e. The Morgan fingerprint density at radius 2 is 1.52 bits per heavy atom. The van der Waals surface area contributed by atoms with Gasteiger partial charge in [0.25, 0.3) is 0 Å². The number of benzene rings is 1. The molecule has 0 atom stereocenters. The topological polar surface area (TPSA) is 71.7 Å². The van der Waals surface area contributed by atoms with E-state index in [0.29, 0.717) is 11.4 Å². The van der Waals surface area contributed by atoms with Crippen LogP contribution in [0.25, 0.3) is 11.1 Å². The van der Waals surface area contributed by atoms with Crippen LogP contribution < -0.4 is 4.74 Å². The lowest BCUT2D eigenvalue weighted by Crippen LogP contribution is -1.92. The predicted molar refractivity (Wildman–Crippen MR) is 76.5 cm³/mol. The van der Waals surface area contributed by atoms with Crippen molar-refractivity contribution in [3.8, 4) is 29.0 Å². The highest BCUT2D eigenvalue weighted by Gasteiger charge is 2.03. The van der Waals surface area contributed by atoms with E-state index in [1.807, 2.05) is 42.5 Å². The van der Waals surface area contributed by atoms with E-state index in [0.717, 1.165) is 11.1 Å². The van der Waals surface area contributed by atoms with Crippen molar-refractivity contribution in [2.45, 2.75) is 0 Å². The molecule has 0 saturated carbocycles. The maximum atomic E-state index is 8.72. The van der Waals surface area contributed by atoms with Gasteiger partial charge in [-0.2, -0.15) is 5.26 Å². The lowest BCUT2D eigenvalue weighted by molar-refractivity contribution is 0.442. The van der Waals surface area contributed by atoms with Gasteiger partial charge < -0.3 is 4.74 Å². The highest BCUT2D eigenvalue weighted by atomic mass is 16.5. The zero-order chi connectivity index (χ0) is 14.5. The Bertz CT molecular complexity index is 762. The molecule has 0 aliphatic rings. The van der Waals surface area contributed by atoms with Gasteiger partial charge in [0, 0.05) is 29.7 Å². The summed E-state index contributed by atoms with van der Waals surface area (Å²) in [6.07, 6.45) is 4.94. The molecule has 0 spiro atoms. The summed E-state index contributed by atoms with van der Waals surface area (Å²) in [6.45, 7) is 0. The van der Waals surface area contributed by atoms with Crippen molar-refractivity contribution in [3.63, 3.8) is 0 Å². The van der Waals surface area contributed by atoms with Crippen molar-refractivity contribution >= 4 is 0 Å². The van der Waals surface area contributed by atoms with Gasteiger partial charge in [0.1, 0.15) is 17.5 Å². The van der Waals surface area contributed by atoms with Crippen LogP contribution in [0.4, 0.5) is 0 Å². The molecule has 0 bridgehead atoms. The third-order valence-corrected chi connectivity index (χ3v) is 2.79. The number of pyridine rings is 1. The van der Waals surface area contributed by atoms with Crippen LogP contribution in [0.3, 0.4) is 0 Å². The largest absolute Gasteiger partial charge is 0.424 e. The summed E-state index contributed by atoms with van der Waals surface area (Å²) in [5.41, 5.74) is 2.04. The summed E-state index contributed by atoms with van der Waals surface area (Å²) >= 11 is 0. The molecule has 2 aromatic heterocycles. The van der Waals surface area contributed by atoms with Crippen LogP contribution in [-0.4, -0.2) is 15.0 Å². The molecule has 0 N–H and O–H groups in total. The predicted octanol–water partition coefficient (Wildman–Crippen LogP) is 3.20. The van der Waals surface area contributed by atoms with Gasteiger partial charge in [-0.3, -0.25) is 0 Å². The molecular weight excluding hydrogens is 264 g/mol. The first-order valence-electron chi connectivity index (χ1n) is 6.26. The zero-order valence-corrected chi connectivity index (χ0v) is 11.0. The first-order chi connectivity index (χ1) is 10.3. The lowest BCUT2D eigenvalue weighted by atomic mass is 10.1. The first-order valence-corrected chi connectivity index (χ1v) is 6.26. The van der Waals surface area contributed by atoms with Gasteiger partial charge in [0.05, 0.1) is 0 Å². The first kappa shape index (κ1) is 12.8. The minimum atomic E-state index is 0.284. The molecule has 0 aliphatic heterocycles. The van der Waals surface area contributed by atoms with E-state index < -0.39 is 0 Å². The molecule has 0 aliphatic carbocycles. The maximum absolute atomic E-state index is 8.72. The van der Waals surface area contributed by atoms with E-state index in [-0.39, 0.29) is 6.01 Å². The van der Waals surface area contributed by atoms with Gasteiger partial charge in [-0.05, 0) is 24.3 Å². The highest BCUT2D eigenvalue weighted by molar-refractivity contribution is 5.60. The van der Waals surface area contributed by atoms with Crippen LogP contribution in [0.2, 0.25) is 0 Å². The number of ether oxygens (including phenoxy) is 1. The third-order valence-electron chi connectivity index (χ3n) is 2.79. The van der Waals surface area contributed by atoms with Crippen LogP contribution >= 0.6 is 0 Å². The average molecular weight is 274 g/mol. The standard InChI is InChI=1S/C16H10N4O/c17-8-14-7-6-12(9-18-14)13-10-19-16(20-11-13)21-15-4-2-1-3-5-15/h1-7,9-11H. The van der Waals surface area contributed by atoms with Crippen LogP contribution in [-0.2, 0) is 0 Å². The number of hydrogen-bond acceptors (Lipinski definition) is 5. The number of nitriles is 1. The zero-order valence-electron chi connectivity index (χ0n) is 11.0. The van der Waals surface area contributed by atoms with Crippen molar-refractivity contribution in [1.29, 1.82) is 5.26 Å². The monoisotopic (exact) mass is 274 g/mol. The second-order valence-corrected chi connectivity index (χ2v) is 4.21. The number of aromatic nitrogens is 3. The molecule has 2 heterocycles. The van der Waals surface area contributed by atoms with E-state index >= 15 is 0 Å². The SMILES string of the molecule is N#Cc1ccc(-c2cnc(Oc3ccccc3)nc2)cn1. The number of nitrogens with zero attached hydrogens (tertiary/aromatic N) is 4. The maximum Gasteiger partial charge on any atom is 0.321 e. The molecule has 21 heavy (non-hydrogen) atoms. The Labute approximate surface area is 121 Å². The molecule has 100 valence electrons. The van der Waals surface area contributed by atoms with Crippen LogP contribution in [0, 0.1) is 11.3 Å². The Kier molecular flexibility index (Phi) is 3.52. The molecular formula is C16H10N4O. The van der Waals surface area contributed by atoms with E-state index in [1.54, 1.807) is 24.7 Å². The number of para-hydroxylation sites is 1. The van der Waals surface area contributed by atoms with E-state index in [2.05, 4.69) is 15.0 Å². The summed E-state index contributed by atoms with van der Waals surface area (Å²) in [5, 5.41) is 8.72. The van der Waals surface area contributed by atoms with Crippen LogP contribution in [0.5, 0.6) is 11.8 Å². The van der Waals surface area contributed by atoms with Gasteiger partial charge in [-0.1, -0.05) is 18.2 Å². The van der Waals surface area contributed by atoms with Crippen LogP contribution in [0.15, 0.2) is 61.1 Å².